The number of piperidine rings is 1. The fourth-order valence-corrected chi connectivity index (χ4v) is 5.43. The van der Waals surface area contributed by atoms with Crippen molar-refractivity contribution in [3.63, 3.8) is 0 Å². The summed E-state index contributed by atoms with van der Waals surface area (Å²) in [5, 5.41) is 2.94. The van der Waals surface area contributed by atoms with Gasteiger partial charge in [-0.25, -0.2) is 8.42 Å². The van der Waals surface area contributed by atoms with Gasteiger partial charge in [-0.05, 0) is 42.2 Å². The number of rotatable bonds is 4. The molecular weight excluding hydrogens is 388 g/mol. The van der Waals surface area contributed by atoms with Gasteiger partial charge in [-0.15, -0.1) is 0 Å². The summed E-state index contributed by atoms with van der Waals surface area (Å²) in [5.41, 5.74) is 0.793. The standard InChI is InChI=1S/C22H26N2O4S/c1-16(2)15-17-7-9-18(10-8-17)29(26,27)24-13-11-22(12-14-24)23-21(25)19-5-3-4-6-20(19)28-22/h3-10,16H,11-15H2,1-2H3,(H,23,25). The third kappa shape index (κ3) is 3.89. The lowest BCUT2D eigenvalue weighted by Crippen LogP contribution is -2.61. The number of para-hydroxylation sites is 1. The number of amides is 1. The number of benzene rings is 2. The van der Waals surface area contributed by atoms with E-state index in [9.17, 15) is 13.2 Å². The zero-order chi connectivity index (χ0) is 20.6. The molecule has 154 valence electrons. The Bertz CT molecular complexity index is 1010. The monoisotopic (exact) mass is 414 g/mol. The zero-order valence-electron chi connectivity index (χ0n) is 16.7. The zero-order valence-corrected chi connectivity index (χ0v) is 17.5. The lowest BCUT2D eigenvalue weighted by molar-refractivity contribution is -0.0155. The number of carbonyl (C=O) groups excluding carboxylic acids is 1. The second-order valence-corrected chi connectivity index (χ2v) is 10.1. The number of ether oxygens (including phenoxy) is 1. The first-order valence-corrected chi connectivity index (χ1v) is 11.4. The average Bonchev–Trinajstić information content (AvgIpc) is 2.68. The molecule has 1 fully saturated rings. The topological polar surface area (TPSA) is 75.7 Å². The van der Waals surface area contributed by atoms with Crippen molar-refractivity contribution in [2.24, 2.45) is 5.92 Å². The van der Waals surface area contributed by atoms with Gasteiger partial charge in [-0.1, -0.05) is 38.1 Å². The predicted molar refractivity (Wildman–Crippen MR) is 110 cm³/mol. The molecule has 0 unspecified atom stereocenters. The van der Waals surface area contributed by atoms with Crippen molar-refractivity contribution >= 4 is 15.9 Å². The van der Waals surface area contributed by atoms with Crippen LogP contribution in [0.25, 0.3) is 0 Å². The largest absolute Gasteiger partial charge is 0.467 e. The van der Waals surface area contributed by atoms with Crippen LogP contribution < -0.4 is 10.1 Å². The van der Waals surface area contributed by atoms with Gasteiger partial charge in [-0.2, -0.15) is 4.31 Å². The minimum Gasteiger partial charge on any atom is -0.467 e. The molecule has 1 amide bonds. The van der Waals surface area contributed by atoms with Crippen molar-refractivity contribution in [1.29, 1.82) is 0 Å². The molecule has 0 radical (unpaired) electrons. The molecule has 2 aliphatic rings. The first-order valence-electron chi connectivity index (χ1n) is 9.99. The Hall–Kier alpha value is -2.38. The maximum absolute atomic E-state index is 13.1. The Morgan fingerprint density at radius 3 is 2.38 bits per heavy atom. The summed E-state index contributed by atoms with van der Waals surface area (Å²) < 4.78 is 33.7. The summed E-state index contributed by atoms with van der Waals surface area (Å²) in [6.07, 6.45) is 1.72. The van der Waals surface area contributed by atoms with Crippen LogP contribution in [-0.2, 0) is 16.4 Å². The normalized spacial score (nSPS) is 18.9. The molecule has 4 rings (SSSR count). The minimum absolute atomic E-state index is 0.177. The Balaban J connectivity index is 1.47. The molecule has 6 nitrogen and oxygen atoms in total. The Labute approximate surface area is 171 Å². The summed E-state index contributed by atoms with van der Waals surface area (Å²) in [6, 6.07) is 14.3. The second-order valence-electron chi connectivity index (χ2n) is 8.19. The Morgan fingerprint density at radius 1 is 1.07 bits per heavy atom. The number of nitrogens with one attached hydrogen (secondary N) is 1. The van der Waals surface area contributed by atoms with Crippen molar-refractivity contribution < 1.29 is 17.9 Å². The van der Waals surface area contributed by atoms with Crippen LogP contribution in [0.2, 0.25) is 0 Å². The van der Waals surface area contributed by atoms with E-state index in [1.807, 2.05) is 18.2 Å². The maximum atomic E-state index is 13.1. The highest BCUT2D eigenvalue weighted by Gasteiger charge is 2.44. The number of carbonyl (C=O) groups is 1. The van der Waals surface area contributed by atoms with Crippen LogP contribution in [0.1, 0.15) is 42.6 Å². The molecule has 0 aliphatic carbocycles. The Morgan fingerprint density at radius 2 is 1.72 bits per heavy atom. The predicted octanol–water partition coefficient (Wildman–Crippen LogP) is 3.19. The molecule has 0 atom stereocenters. The van der Waals surface area contributed by atoms with Crippen molar-refractivity contribution in [2.45, 2.75) is 43.7 Å². The van der Waals surface area contributed by atoms with Crippen molar-refractivity contribution in [1.82, 2.24) is 9.62 Å². The van der Waals surface area contributed by atoms with E-state index >= 15 is 0 Å². The minimum atomic E-state index is -3.57. The SMILES string of the molecule is CC(C)Cc1ccc(S(=O)(=O)N2CCC3(CC2)NC(=O)c2ccccc2O3)cc1. The smallest absolute Gasteiger partial charge is 0.258 e. The fourth-order valence-electron chi connectivity index (χ4n) is 3.99. The van der Waals surface area contributed by atoms with Crippen molar-refractivity contribution in [3.8, 4) is 5.75 Å². The number of nitrogens with zero attached hydrogens (tertiary/aromatic N) is 1. The van der Waals surface area contributed by atoms with E-state index < -0.39 is 15.7 Å². The van der Waals surface area contributed by atoms with Crippen molar-refractivity contribution in [3.05, 3.63) is 59.7 Å². The summed E-state index contributed by atoms with van der Waals surface area (Å²) in [4.78, 5) is 12.7. The molecule has 1 saturated heterocycles. The van der Waals surface area contributed by atoms with Gasteiger partial charge in [-0.3, -0.25) is 4.79 Å². The third-order valence-electron chi connectivity index (χ3n) is 5.51. The van der Waals surface area contributed by atoms with Gasteiger partial charge < -0.3 is 10.1 Å². The van der Waals surface area contributed by atoms with Crippen LogP contribution in [0.3, 0.4) is 0 Å². The quantitative estimate of drug-likeness (QED) is 0.834. The van der Waals surface area contributed by atoms with Gasteiger partial charge in [0.2, 0.25) is 10.0 Å². The average molecular weight is 415 g/mol. The van der Waals surface area contributed by atoms with Crippen LogP contribution in [0, 0.1) is 5.92 Å². The molecule has 0 aromatic heterocycles. The fraction of sp³-hybridized carbons (Fsp3) is 0.409. The first kappa shape index (κ1) is 19.9. The molecular formula is C22H26N2O4S. The Kier molecular flexibility index (Phi) is 5.12. The number of sulfonamides is 1. The summed E-state index contributed by atoms with van der Waals surface area (Å²) >= 11 is 0. The number of fused-ring (bicyclic) bond motifs is 1. The van der Waals surface area contributed by atoms with Crippen LogP contribution in [0.4, 0.5) is 0 Å². The third-order valence-corrected chi connectivity index (χ3v) is 7.43. The number of hydrogen-bond donors (Lipinski definition) is 1. The highest BCUT2D eigenvalue weighted by molar-refractivity contribution is 7.89. The van der Waals surface area contributed by atoms with E-state index in [0.717, 1.165) is 12.0 Å². The second kappa shape index (κ2) is 7.46. The molecule has 1 N–H and O–H groups in total. The van der Waals surface area contributed by atoms with Gasteiger partial charge in [0, 0.05) is 25.9 Å². The summed E-state index contributed by atoms with van der Waals surface area (Å²) in [5.74, 6) is 0.892. The van der Waals surface area contributed by atoms with Crippen molar-refractivity contribution in [2.75, 3.05) is 13.1 Å². The van der Waals surface area contributed by atoms with Crippen LogP contribution in [0.5, 0.6) is 5.75 Å². The molecule has 7 heteroatoms. The molecule has 2 aromatic rings. The van der Waals surface area contributed by atoms with Crippen LogP contribution in [-0.4, -0.2) is 37.4 Å². The number of hydrogen-bond acceptors (Lipinski definition) is 4. The van der Waals surface area contributed by atoms with E-state index in [4.69, 9.17) is 4.74 Å². The van der Waals surface area contributed by atoms with E-state index in [2.05, 4.69) is 19.2 Å². The highest BCUT2D eigenvalue weighted by atomic mass is 32.2. The summed E-state index contributed by atoms with van der Waals surface area (Å²) in [6.45, 7) is 4.86. The summed E-state index contributed by atoms with van der Waals surface area (Å²) in [7, 11) is -3.57. The lowest BCUT2D eigenvalue weighted by atomic mass is 9.98. The van der Waals surface area contributed by atoms with E-state index in [1.54, 1.807) is 30.3 Å². The highest BCUT2D eigenvalue weighted by Crippen LogP contribution is 2.34. The first-order chi connectivity index (χ1) is 13.8. The molecule has 0 saturated carbocycles. The molecule has 1 spiro atoms. The van der Waals surface area contributed by atoms with Crippen LogP contribution in [0.15, 0.2) is 53.4 Å². The molecule has 29 heavy (non-hydrogen) atoms. The van der Waals surface area contributed by atoms with Gasteiger partial charge in [0.1, 0.15) is 5.75 Å². The van der Waals surface area contributed by atoms with E-state index in [-0.39, 0.29) is 5.91 Å². The molecule has 2 aliphatic heterocycles. The van der Waals surface area contributed by atoms with E-state index in [1.165, 1.54) is 4.31 Å². The van der Waals surface area contributed by atoms with Gasteiger partial charge in [0.15, 0.2) is 5.72 Å². The van der Waals surface area contributed by atoms with Crippen LogP contribution >= 0.6 is 0 Å². The molecule has 2 heterocycles. The van der Waals surface area contributed by atoms with Gasteiger partial charge >= 0.3 is 0 Å². The maximum Gasteiger partial charge on any atom is 0.258 e. The van der Waals surface area contributed by atoms with Gasteiger partial charge in [0.25, 0.3) is 5.91 Å². The van der Waals surface area contributed by atoms with E-state index in [0.29, 0.717) is 48.1 Å². The molecule has 2 aromatic carbocycles. The lowest BCUT2D eigenvalue weighted by Gasteiger charge is -2.44. The van der Waals surface area contributed by atoms with Gasteiger partial charge in [0.05, 0.1) is 10.5 Å². The molecule has 0 bridgehead atoms.